The minimum atomic E-state index is -1.16. The van der Waals surface area contributed by atoms with Crippen LogP contribution in [0.2, 0.25) is 5.02 Å². The molecule has 0 aliphatic heterocycles. The number of rotatable bonds is 5. The molecule has 124 valence electrons. The lowest BCUT2D eigenvalue weighted by Crippen LogP contribution is -2.29. The van der Waals surface area contributed by atoms with Crippen LogP contribution in [0.15, 0.2) is 41.1 Å². The molecule has 0 unspecified atom stereocenters. The molecule has 0 atom stereocenters. The maximum absolute atomic E-state index is 12.2. The van der Waals surface area contributed by atoms with Crippen molar-refractivity contribution in [3.8, 4) is 0 Å². The Balaban J connectivity index is 2.18. The quantitative estimate of drug-likeness (QED) is 0.699. The number of carboxylic acid groups (broad SMARTS) is 1. The number of hydrogen-bond donors (Lipinski definition) is 3. The number of hydrogen-bond acceptors (Lipinski definition) is 4. The normalized spacial score (nSPS) is 10.1. The maximum Gasteiger partial charge on any atom is 0.322 e. The van der Waals surface area contributed by atoms with Gasteiger partial charge in [-0.1, -0.05) is 11.6 Å². The van der Waals surface area contributed by atoms with E-state index in [1.165, 1.54) is 30.6 Å². The molecule has 3 N–H and O–H groups in total. The minimum absolute atomic E-state index is 0.170. The smallest absolute Gasteiger partial charge is 0.322 e. The van der Waals surface area contributed by atoms with Gasteiger partial charge in [-0.05, 0) is 40.2 Å². The molecule has 24 heavy (non-hydrogen) atoms. The zero-order valence-electron chi connectivity index (χ0n) is 12.0. The van der Waals surface area contributed by atoms with Crippen LogP contribution >= 0.6 is 27.5 Å². The van der Waals surface area contributed by atoms with E-state index in [2.05, 4.69) is 31.5 Å². The average Bonchev–Trinajstić information content (AvgIpc) is 2.54. The number of anilines is 1. The highest BCUT2D eigenvalue weighted by atomic mass is 79.9. The van der Waals surface area contributed by atoms with E-state index >= 15 is 0 Å². The zero-order valence-corrected chi connectivity index (χ0v) is 14.4. The zero-order chi connectivity index (χ0) is 17.7. The lowest BCUT2D eigenvalue weighted by atomic mass is 10.1. The van der Waals surface area contributed by atoms with Crippen LogP contribution in [0.25, 0.3) is 0 Å². The van der Waals surface area contributed by atoms with Crippen LogP contribution in [0.5, 0.6) is 0 Å². The summed E-state index contributed by atoms with van der Waals surface area (Å²) >= 11 is 9.25. The molecule has 0 spiro atoms. The maximum atomic E-state index is 12.2. The molecular weight excluding hydrogens is 402 g/mol. The second-order valence-electron chi connectivity index (χ2n) is 4.62. The molecule has 1 aromatic heterocycles. The SMILES string of the molecule is O=C(O)CNC(=O)c1ccc(Cl)c(NC(=O)c2cncc(Br)c2)c1. The Kier molecular flexibility index (Phi) is 5.88. The summed E-state index contributed by atoms with van der Waals surface area (Å²) in [5.74, 6) is -2.20. The van der Waals surface area contributed by atoms with Crippen molar-refractivity contribution in [2.45, 2.75) is 0 Å². The Morgan fingerprint density at radius 2 is 1.88 bits per heavy atom. The highest BCUT2D eigenvalue weighted by Crippen LogP contribution is 2.24. The number of nitrogens with one attached hydrogen (secondary N) is 2. The highest BCUT2D eigenvalue weighted by Gasteiger charge is 2.13. The van der Waals surface area contributed by atoms with Crippen molar-refractivity contribution in [1.82, 2.24) is 10.3 Å². The van der Waals surface area contributed by atoms with Crippen molar-refractivity contribution in [2.75, 3.05) is 11.9 Å². The lowest BCUT2D eigenvalue weighted by Gasteiger charge is -2.10. The summed E-state index contributed by atoms with van der Waals surface area (Å²) < 4.78 is 0.642. The van der Waals surface area contributed by atoms with Crippen LogP contribution in [0, 0.1) is 0 Å². The largest absolute Gasteiger partial charge is 0.480 e. The average molecular weight is 413 g/mol. The highest BCUT2D eigenvalue weighted by molar-refractivity contribution is 9.10. The van der Waals surface area contributed by atoms with Gasteiger partial charge < -0.3 is 15.7 Å². The Hall–Kier alpha value is -2.45. The first-order valence-corrected chi connectivity index (χ1v) is 7.75. The van der Waals surface area contributed by atoms with E-state index in [1.54, 1.807) is 6.07 Å². The first-order chi connectivity index (χ1) is 11.4. The molecule has 0 bridgehead atoms. The van der Waals surface area contributed by atoms with E-state index in [-0.39, 0.29) is 16.3 Å². The van der Waals surface area contributed by atoms with Crippen molar-refractivity contribution in [3.63, 3.8) is 0 Å². The van der Waals surface area contributed by atoms with Gasteiger partial charge in [0.1, 0.15) is 6.54 Å². The molecule has 0 saturated carbocycles. The fourth-order valence-corrected chi connectivity index (χ4v) is 2.28. The van der Waals surface area contributed by atoms with Crippen LogP contribution in [0.1, 0.15) is 20.7 Å². The third-order valence-corrected chi connectivity index (χ3v) is 3.61. The molecule has 2 amide bonds. The number of nitrogens with zero attached hydrogens (tertiary/aromatic N) is 1. The number of carbonyl (C=O) groups is 3. The molecule has 7 nitrogen and oxygen atoms in total. The second kappa shape index (κ2) is 7.89. The van der Waals surface area contributed by atoms with Crippen molar-refractivity contribution in [3.05, 3.63) is 57.3 Å². The van der Waals surface area contributed by atoms with Gasteiger partial charge in [0.05, 0.1) is 16.3 Å². The molecule has 1 heterocycles. The van der Waals surface area contributed by atoms with Crippen LogP contribution in [0.4, 0.5) is 5.69 Å². The fraction of sp³-hybridized carbons (Fsp3) is 0.0667. The molecule has 2 aromatic rings. The topological polar surface area (TPSA) is 108 Å². The summed E-state index contributed by atoms with van der Waals surface area (Å²) in [6.45, 7) is -0.507. The Bertz CT molecular complexity index is 813. The molecule has 0 radical (unpaired) electrons. The number of amides is 2. The number of pyridine rings is 1. The predicted octanol–water partition coefficient (Wildman–Crippen LogP) is 2.56. The van der Waals surface area contributed by atoms with Crippen molar-refractivity contribution in [2.24, 2.45) is 0 Å². The molecule has 1 aromatic carbocycles. The van der Waals surface area contributed by atoms with E-state index < -0.39 is 24.3 Å². The number of aliphatic carboxylic acids is 1. The first-order valence-electron chi connectivity index (χ1n) is 6.58. The number of carbonyl (C=O) groups excluding carboxylic acids is 2. The monoisotopic (exact) mass is 411 g/mol. The molecule has 2 rings (SSSR count). The predicted molar refractivity (Wildman–Crippen MR) is 91.3 cm³/mol. The van der Waals surface area contributed by atoms with Gasteiger partial charge in [-0.25, -0.2) is 0 Å². The van der Waals surface area contributed by atoms with Crippen molar-refractivity contribution in [1.29, 1.82) is 0 Å². The number of halogens is 2. The summed E-state index contributed by atoms with van der Waals surface area (Å²) in [6.07, 6.45) is 2.93. The van der Waals surface area contributed by atoms with E-state index in [1.807, 2.05) is 0 Å². The Morgan fingerprint density at radius 3 is 2.54 bits per heavy atom. The summed E-state index contributed by atoms with van der Waals surface area (Å²) in [5, 5.41) is 13.6. The van der Waals surface area contributed by atoms with E-state index in [4.69, 9.17) is 16.7 Å². The minimum Gasteiger partial charge on any atom is -0.480 e. The van der Waals surface area contributed by atoms with Crippen LogP contribution < -0.4 is 10.6 Å². The summed E-state index contributed by atoms with van der Waals surface area (Å²) in [7, 11) is 0. The van der Waals surface area contributed by atoms with Crippen LogP contribution in [0.3, 0.4) is 0 Å². The summed E-state index contributed by atoms with van der Waals surface area (Å²) in [6, 6.07) is 5.81. The van der Waals surface area contributed by atoms with E-state index in [0.717, 1.165) is 0 Å². The summed E-state index contributed by atoms with van der Waals surface area (Å²) in [5.41, 5.74) is 0.703. The van der Waals surface area contributed by atoms with Gasteiger partial charge in [0.25, 0.3) is 11.8 Å². The number of benzene rings is 1. The third kappa shape index (κ3) is 4.77. The van der Waals surface area contributed by atoms with Gasteiger partial charge in [-0.3, -0.25) is 19.4 Å². The molecule has 9 heteroatoms. The van der Waals surface area contributed by atoms with Gasteiger partial charge >= 0.3 is 5.97 Å². The van der Waals surface area contributed by atoms with Gasteiger partial charge in [-0.15, -0.1) is 0 Å². The van der Waals surface area contributed by atoms with E-state index in [9.17, 15) is 14.4 Å². The lowest BCUT2D eigenvalue weighted by molar-refractivity contribution is -0.135. The molecule has 0 saturated heterocycles. The van der Waals surface area contributed by atoms with Gasteiger partial charge in [0.15, 0.2) is 0 Å². The number of aromatic nitrogens is 1. The third-order valence-electron chi connectivity index (χ3n) is 2.84. The fourth-order valence-electron chi connectivity index (χ4n) is 1.75. The first kappa shape index (κ1) is 17.9. The summed E-state index contributed by atoms with van der Waals surface area (Å²) in [4.78, 5) is 38.5. The molecule has 0 aliphatic carbocycles. The standard InChI is InChI=1S/C15H11BrClN3O4/c16-10-3-9(5-18-6-10)15(24)20-12-4-8(1-2-11(12)17)14(23)19-7-13(21)22/h1-6H,7H2,(H,19,23)(H,20,24)(H,21,22). The number of carboxylic acids is 1. The van der Waals surface area contributed by atoms with Crippen LogP contribution in [-0.2, 0) is 4.79 Å². The van der Waals surface area contributed by atoms with Crippen molar-refractivity contribution >= 4 is 51.0 Å². The van der Waals surface area contributed by atoms with Crippen LogP contribution in [-0.4, -0.2) is 34.4 Å². The van der Waals surface area contributed by atoms with Gasteiger partial charge in [-0.2, -0.15) is 0 Å². The van der Waals surface area contributed by atoms with E-state index in [0.29, 0.717) is 10.0 Å². The van der Waals surface area contributed by atoms with Gasteiger partial charge in [0, 0.05) is 22.4 Å². The van der Waals surface area contributed by atoms with Crippen molar-refractivity contribution < 1.29 is 19.5 Å². The Labute approximate surface area is 150 Å². The molecule has 0 aliphatic rings. The Morgan fingerprint density at radius 1 is 1.12 bits per heavy atom. The molecule has 0 fully saturated rings. The molecular formula is C15H11BrClN3O4. The van der Waals surface area contributed by atoms with Gasteiger partial charge in [0.2, 0.25) is 0 Å². The second-order valence-corrected chi connectivity index (χ2v) is 5.94.